The van der Waals surface area contributed by atoms with Crippen LogP contribution in [0.4, 0.5) is 0 Å². The molecule has 0 fully saturated rings. The Balaban J connectivity index is 4.98. The third-order valence-corrected chi connectivity index (χ3v) is 4.75. The van der Waals surface area contributed by atoms with Crippen LogP contribution in [0.5, 0.6) is 0 Å². The van der Waals surface area contributed by atoms with E-state index in [1.165, 1.54) is 0 Å². The number of aliphatic carboxylic acids is 1. The van der Waals surface area contributed by atoms with Crippen molar-refractivity contribution >= 4 is 48.9 Å². The minimum Gasteiger partial charge on any atom is -0.480 e. The van der Waals surface area contributed by atoms with Crippen molar-refractivity contribution in [3.8, 4) is 0 Å². The molecule has 0 saturated heterocycles. The normalized spacial score (nSPS) is 15.3. The number of carbonyl (C=O) groups excluding carboxylic acids is 3. The fourth-order valence-electron chi connectivity index (χ4n) is 2.52. The van der Waals surface area contributed by atoms with E-state index in [-0.39, 0.29) is 29.8 Å². The standard InChI is InChI=1S/C18H34N4O5S2/c1-9(2)5-11(19)15(23)21-13(7-28)17(25)22-14(8-29)16(24)20-12(18(26)27)6-10(3)4/h9-14,28-29H,5-8,19H2,1-4H3,(H,20,24)(H,21,23)(H,22,25)(H,26,27). The molecule has 0 aromatic heterocycles. The Morgan fingerprint density at radius 2 is 1.14 bits per heavy atom. The summed E-state index contributed by atoms with van der Waals surface area (Å²) in [5, 5.41) is 16.7. The van der Waals surface area contributed by atoms with E-state index in [4.69, 9.17) is 5.73 Å². The van der Waals surface area contributed by atoms with Gasteiger partial charge >= 0.3 is 5.97 Å². The Morgan fingerprint density at radius 1 is 0.759 bits per heavy atom. The molecule has 0 aliphatic heterocycles. The van der Waals surface area contributed by atoms with Crippen LogP contribution < -0.4 is 21.7 Å². The van der Waals surface area contributed by atoms with E-state index >= 15 is 0 Å². The van der Waals surface area contributed by atoms with Crippen molar-refractivity contribution in [3.05, 3.63) is 0 Å². The van der Waals surface area contributed by atoms with E-state index in [1.54, 1.807) is 0 Å². The topological polar surface area (TPSA) is 151 Å². The van der Waals surface area contributed by atoms with Gasteiger partial charge < -0.3 is 26.8 Å². The number of rotatable bonds is 13. The lowest BCUT2D eigenvalue weighted by molar-refractivity contribution is -0.142. The van der Waals surface area contributed by atoms with Crippen molar-refractivity contribution in [2.45, 2.75) is 64.7 Å². The maximum atomic E-state index is 12.5. The Labute approximate surface area is 183 Å². The monoisotopic (exact) mass is 450 g/mol. The summed E-state index contributed by atoms with van der Waals surface area (Å²) in [6, 6.07) is -3.90. The summed E-state index contributed by atoms with van der Waals surface area (Å²) in [5.41, 5.74) is 5.82. The van der Waals surface area contributed by atoms with Gasteiger partial charge in [0.15, 0.2) is 0 Å². The number of carboxylic acid groups (broad SMARTS) is 1. The quantitative estimate of drug-likeness (QED) is 0.193. The highest BCUT2D eigenvalue weighted by Gasteiger charge is 2.29. The van der Waals surface area contributed by atoms with Gasteiger partial charge in [-0.2, -0.15) is 25.3 Å². The number of carboxylic acids is 1. The number of thiol groups is 2. The summed E-state index contributed by atoms with van der Waals surface area (Å²) in [7, 11) is 0. The molecule has 0 rings (SSSR count). The summed E-state index contributed by atoms with van der Waals surface area (Å²) in [5.74, 6) is -2.72. The molecular weight excluding hydrogens is 416 g/mol. The molecule has 0 bridgehead atoms. The third-order valence-electron chi connectivity index (χ3n) is 4.01. The average Bonchev–Trinajstić information content (AvgIpc) is 2.61. The maximum Gasteiger partial charge on any atom is 0.326 e. The fourth-order valence-corrected chi connectivity index (χ4v) is 3.03. The first-order chi connectivity index (χ1) is 13.4. The van der Waals surface area contributed by atoms with Crippen LogP contribution in [0.1, 0.15) is 40.5 Å². The molecule has 0 heterocycles. The van der Waals surface area contributed by atoms with Crippen LogP contribution in [0, 0.1) is 11.8 Å². The van der Waals surface area contributed by atoms with Crippen molar-refractivity contribution in [2.75, 3.05) is 11.5 Å². The number of nitrogens with one attached hydrogen (secondary N) is 3. The summed E-state index contributed by atoms with van der Waals surface area (Å²) < 4.78 is 0. The van der Waals surface area contributed by atoms with Gasteiger partial charge in [-0.25, -0.2) is 4.79 Å². The van der Waals surface area contributed by atoms with E-state index < -0.39 is 47.9 Å². The molecule has 0 spiro atoms. The first kappa shape index (κ1) is 27.5. The summed E-state index contributed by atoms with van der Waals surface area (Å²) in [4.78, 5) is 48.4. The van der Waals surface area contributed by atoms with E-state index in [9.17, 15) is 24.3 Å². The van der Waals surface area contributed by atoms with Gasteiger partial charge in [0.1, 0.15) is 18.1 Å². The highest BCUT2D eigenvalue weighted by Crippen LogP contribution is 2.06. The smallest absolute Gasteiger partial charge is 0.326 e. The molecule has 168 valence electrons. The van der Waals surface area contributed by atoms with Crippen LogP contribution in [0.2, 0.25) is 0 Å². The van der Waals surface area contributed by atoms with Gasteiger partial charge in [-0.1, -0.05) is 27.7 Å². The van der Waals surface area contributed by atoms with Crippen molar-refractivity contribution < 1.29 is 24.3 Å². The van der Waals surface area contributed by atoms with Crippen LogP contribution in [0.3, 0.4) is 0 Å². The minimum atomic E-state index is -1.16. The molecule has 0 aliphatic carbocycles. The molecule has 29 heavy (non-hydrogen) atoms. The zero-order valence-electron chi connectivity index (χ0n) is 17.3. The van der Waals surface area contributed by atoms with Gasteiger partial charge in [-0.05, 0) is 24.7 Å². The van der Waals surface area contributed by atoms with Gasteiger partial charge in [-0.3, -0.25) is 14.4 Å². The van der Waals surface area contributed by atoms with Gasteiger partial charge in [0.05, 0.1) is 6.04 Å². The Kier molecular flexibility index (Phi) is 13.0. The van der Waals surface area contributed by atoms with E-state index in [0.29, 0.717) is 6.42 Å². The van der Waals surface area contributed by atoms with Crippen LogP contribution in [-0.4, -0.2) is 64.5 Å². The van der Waals surface area contributed by atoms with E-state index in [2.05, 4.69) is 41.2 Å². The number of amides is 3. The third kappa shape index (κ3) is 10.8. The first-order valence-electron chi connectivity index (χ1n) is 9.54. The first-order valence-corrected chi connectivity index (χ1v) is 10.8. The highest BCUT2D eigenvalue weighted by atomic mass is 32.1. The molecule has 0 aliphatic rings. The lowest BCUT2D eigenvalue weighted by atomic mass is 10.0. The highest BCUT2D eigenvalue weighted by molar-refractivity contribution is 7.80. The van der Waals surface area contributed by atoms with Crippen LogP contribution in [-0.2, 0) is 19.2 Å². The van der Waals surface area contributed by atoms with Crippen molar-refractivity contribution in [3.63, 3.8) is 0 Å². The van der Waals surface area contributed by atoms with Gasteiger partial charge in [0, 0.05) is 11.5 Å². The van der Waals surface area contributed by atoms with Crippen molar-refractivity contribution in [1.82, 2.24) is 16.0 Å². The summed E-state index contributed by atoms with van der Waals surface area (Å²) in [6.07, 6.45) is 0.707. The summed E-state index contributed by atoms with van der Waals surface area (Å²) in [6.45, 7) is 7.53. The SMILES string of the molecule is CC(C)CC(N)C(=O)NC(CS)C(=O)NC(CS)C(=O)NC(CC(C)C)C(=O)O. The molecule has 11 heteroatoms. The molecule has 0 aromatic rings. The largest absolute Gasteiger partial charge is 0.480 e. The van der Waals surface area contributed by atoms with Crippen LogP contribution in [0.25, 0.3) is 0 Å². The Bertz CT molecular complexity index is 574. The number of carbonyl (C=O) groups is 4. The molecule has 3 amide bonds. The molecule has 0 radical (unpaired) electrons. The van der Waals surface area contributed by atoms with Crippen molar-refractivity contribution in [2.24, 2.45) is 17.6 Å². The van der Waals surface area contributed by atoms with Gasteiger partial charge in [-0.15, -0.1) is 0 Å². The van der Waals surface area contributed by atoms with Crippen LogP contribution in [0.15, 0.2) is 0 Å². The molecule has 4 atom stereocenters. The predicted molar refractivity (Wildman–Crippen MR) is 118 cm³/mol. The second kappa shape index (κ2) is 13.7. The molecule has 9 nitrogen and oxygen atoms in total. The molecule has 4 unspecified atom stereocenters. The second-order valence-corrected chi connectivity index (χ2v) is 8.48. The van der Waals surface area contributed by atoms with Crippen LogP contribution >= 0.6 is 25.3 Å². The zero-order valence-corrected chi connectivity index (χ0v) is 19.1. The average molecular weight is 451 g/mol. The van der Waals surface area contributed by atoms with Gasteiger partial charge in [0.25, 0.3) is 0 Å². The van der Waals surface area contributed by atoms with E-state index in [0.717, 1.165) is 0 Å². The van der Waals surface area contributed by atoms with Crippen molar-refractivity contribution in [1.29, 1.82) is 0 Å². The molecule has 0 aromatic carbocycles. The number of nitrogens with two attached hydrogens (primary N) is 1. The second-order valence-electron chi connectivity index (χ2n) is 7.75. The predicted octanol–water partition coefficient (Wildman–Crippen LogP) is -0.195. The molecular formula is C18H34N4O5S2. The minimum absolute atomic E-state index is 0.00200. The van der Waals surface area contributed by atoms with E-state index in [1.807, 2.05) is 27.7 Å². The van der Waals surface area contributed by atoms with Gasteiger partial charge in [0.2, 0.25) is 17.7 Å². The Hall–Kier alpha value is -1.46. The fraction of sp³-hybridized carbons (Fsp3) is 0.778. The number of hydrogen-bond donors (Lipinski definition) is 7. The molecule has 6 N–H and O–H groups in total. The lowest BCUT2D eigenvalue weighted by Gasteiger charge is -2.24. The lowest BCUT2D eigenvalue weighted by Crippen LogP contribution is -2.58. The molecule has 0 saturated carbocycles. The number of hydrogen-bond acceptors (Lipinski definition) is 7. The zero-order chi connectivity index (χ0) is 22.7. The Morgan fingerprint density at radius 3 is 1.48 bits per heavy atom. The maximum absolute atomic E-state index is 12.5. The summed E-state index contributed by atoms with van der Waals surface area (Å²) >= 11 is 8.14.